The summed E-state index contributed by atoms with van der Waals surface area (Å²) in [5.41, 5.74) is 2.33. The van der Waals surface area contributed by atoms with Gasteiger partial charge in [-0.1, -0.05) is 86.6 Å². The van der Waals surface area contributed by atoms with Crippen LogP contribution in [0.25, 0.3) is 32.7 Å². The van der Waals surface area contributed by atoms with Gasteiger partial charge in [-0.25, -0.2) is 0 Å². The van der Waals surface area contributed by atoms with Gasteiger partial charge < -0.3 is 4.74 Å². The van der Waals surface area contributed by atoms with E-state index in [2.05, 4.69) is 54.6 Å². The number of hydrogen-bond donors (Lipinski definition) is 0. The highest BCUT2D eigenvalue weighted by atomic mass is 16.5. The Morgan fingerprint density at radius 1 is 0.778 bits per heavy atom. The molecule has 134 valence electrons. The Morgan fingerprint density at radius 2 is 1.41 bits per heavy atom. The second-order valence-electron chi connectivity index (χ2n) is 6.91. The molecule has 0 heterocycles. The van der Waals surface area contributed by atoms with Crippen LogP contribution in [0.5, 0.6) is 5.75 Å². The number of ether oxygens (including phenoxy) is 1. The maximum Gasteiger partial charge on any atom is 0.314 e. The lowest BCUT2D eigenvalue weighted by atomic mass is 9.93. The van der Waals surface area contributed by atoms with Crippen LogP contribution in [0.15, 0.2) is 78.9 Å². The average molecular weight is 354 g/mol. The van der Waals surface area contributed by atoms with Gasteiger partial charge in [-0.2, -0.15) is 0 Å². The molecule has 1 atom stereocenters. The molecule has 0 N–H and O–H groups in total. The smallest absolute Gasteiger partial charge is 0.314 e. The molecule has 2 nitrogen and oxygen atoms in total. The molecular weight excluding hydrogens is 332 g/mol. The fraction of sp³-hybridized carbons (Fsp3) is 0.160. The molecule has 0 saturated carbocycles. The number of carbonyl (C=O) groups is 1. The van der Waals surface area contributed by atoms with Crippen molar-refractivity contribution in [3.63, 3.8) is 0 Å². The first-order valence-corrected chi connectivity index (χ1v) is 9.40. The van der Waals surface area contributed by atoms with Crippen LogP contribution in [-0.4, -0.2) is 5.97 Å². The van der Waals surface area contributed by atoms with Crippen molar-refractivity contribution in [2.45, 2.75) is 20.3 Å². The van der Waals surface area contributed by atoms with Crippen molar-refractivity contribution in [2.75, 3.05) is 0 Å². The van der Waals surface area contributed by atoms with Gasteiger partial charge in [0.05, 0.1) is 5.92 Å². The highest BCUT2D eigenvalue weighted by Gasteiger charge is 2.16. The first-order valence-electron chi connectivity index (χ1n) is 9.40. The third-order valence-electron chi connectivity index (χ3n) is 5.19. The molecule has 0 amide bonds. The minimum atomic E-state index is -0.180. The summed E-state index contributed by atoms with van der Waals surface area (Å²) < 4.78 is 5.72. The van der Waals surface area contributed by atoms with E-state index < -0.39 is 0 Å². The lowest BCUT2D eigenvalue weighted by molar-refractivity contribution is -0.138. The molecule has 4 rings (SSSR count). The van der Waals surface area contributed by atoms with Gasteiger partial charge in [0, 0.05) is 5.39 Å². The van der Waals surface area contributed by atoms with Crippen LogP contribution in [0.4, 0.5) is 0 Å². The zero-order chi connectivity index (χ0) is 18.8. The van der Waals surface area contributed by atoms with Crippen LogP contribution in [-0.2, 0) is 4.79 Å². The standard InChI is InChI=1S/C25H22O2/c1-3-17(2)25(26)27-24-16-15-22(21-12-6-7-13-23(21)24)20-14-8-10-18-9-4-5-11-19(18)20/h4-17H,3H2,1-2H3. The van der Waals surface area contributed by atoms with Crippen molar-refractivity contribution in [1.82, 2.24) is 0 Å². The van der Waals surface area contributed by atoms with E-state index in [-0.39, 0.29) is 11.9 Å². The fourth-order valence-electron chi connectivity index (χ4n) is 3.43. The van der Waals surface area contributed by atoms with E-state index in [0.29, 0.717) is 5.75 Å². The third kappa shape index (κ3) is 3.19. The van der Waals surface area contributed by atoms with Crippen molar-refractivity contribution < 1.29 is 9.53 Å². The Kier molecular flexibility index (Phi) is 4.64. The van der Waals surface area contributed by atoms with E-state index in [4.69, 9.17) is 4.74 Å². The zero-order valence-electron chi connectivity index (χ0n) is 15.6. The quantitative estimate of drug-likeness (QED) is 0.304. The molecule has 2 heteroatoms. The van der Waals surface area contributed by atoms with E-state index in [9.17, 15) is 4.79 Å². The Hall–Kier alpha value is -3.13. The van der Waals surface area contributed by atoms with Gasteiger partial charge in [0.15, 0.2) is 0 Å². The fourth-order valence-corrected chi connectivity index (χ4v) is 3.43. The zero-order valence-corrected chi connectivity index (χ0v) is 15.6. The summed E-state index contributed by atoms with van der Waals surface area (Å²) in [6.07, 6.45) is 0.769. The summed E-state index contributed by atoms with van der Waals surface area (Å²) in [5.74, 6) is 0.335. The maximum atomic E-state index is 12.3. The summed E-state index contributed by atoms with van der Waals surface area (Å²) in [4.78, 5) is 12.3. The topological polar surface area (TPSA) is 26.3 Å². The number of rotatable bonds is 4. The van der Waals surface area contributed by atoms with Gasteiger partial charge in [0.25, 0.3) is 0 Å². The van der Waals surface area contributed by atoms with Crippen LogP contribution in [0.3, 0.4) is 0 Å². The minimum absolute atomic E-state index is 0.110. The van der Waals surface area contributed by atoms with Gasteiger partial charge in [-0.3, -0.25) is 4.79 Å². The summed E-state index contributed by atoms with van der Waals surface area (Å²) in [6, 6.07) is 26.9. The molecule has 0 aliphatic carbocycles. The predicted molar refractivity (Wildman–Crippen MR) is 112 cm³/mol. The van der Waals surface area contributed by atoms with Crippen molar-refractivity contribution in [3.8, 4) is 16.9 Å². The Labute approximate surface area is 159 Å². The van der Waals surface area contributed by atoms with E-state index in [1.54, 1.807) is 0 Å². The summed E-state index contributed by atoms with van der Waals surface area (Å²) >= 11 is 0. The van der Waals surface area contributed by atoms with Gasteiger partial charge in [0.2, 0.25) is 0 Å². The molecule has 0 fully saturated rings. The number of esters is 1. The van der Waals surface area contributed by atoms with Crippen molar-refractivity contribution in [1.29, 1.82) is 0 Å². The molecule has 0 radical (unpaired) electrons. The van der Waals surface area contributed by atoms with Crippen molar-refractivity contribution in [2.24, 2.45) is 5.92 Å². The van der Waals surface area contributed by atoms with E-state index in [0.717, 1.165) is 22.8 Å². The van der Waals surface area contributed by atoms with Crippen molar-refractivity contribution in [3.05, 3.63) is 78.9 Å². The number of hydrogen-bond acceptors (Lipinski definition) is 2. The van der Waals surface area contributed by atoms with Crippen LogP contribution in [0.1, 0.15) is 20.3 Å². The molecule has 0 bridgehead atoms. The molecule has 1 unspecified atom stereocenters. The summed E-state index contributed by atoms with van der Waals surface area (Å²) in [5, 5.41) is 4.48. The molecule has 0 saturated heterocycles. The van der Waals surface area contributed by atoms with Gasteiger partial charge in [0.1, 0.15) is 5.75 Å². The molecule has 27 heavy (non-hydrogen) atoms. The van der Waals surface area contributed by atoms with E-state index in [1.165, 1.54) is 16.3 Å². The molecule has 4 aromatic carbocycles. The molecule has 0 aliphatic rings. The second kappa shape index (κ2) is 7.24. The molecule has 0 spiro atoms. The van der Waals surface area contributed by atoms with Crippen LogP contribution in [0.2, 0.25) is 0 Å². The normalized spacial score (nSPS) is 12.2. The average Bonchev–Trinajstić information content (AvgIpc) is 2.73. The molecular formula is C25H22O2. The minimum Gasteiger partial charge on any atom is -0.426 e. The Morgan fingerprint density at radius 3 is 2.19 bits per heavy atom. The first-order chi connectivity index (χ1) is 13.2. The number of fused-ring (bicyclic) bond motifs is 2. The van der Waals surface area contributed by atoms with Crippen LogP contribution in [0, 0.1) is 5.92 Å². The van der Waals surface area contributed by atoms with Gasteiger partial charge in [-0.05, 0) is 39.8 Å². The number of benzene rings is 4. The van der Waals surface area contributed by atoms with Crippen LogP contribution >= 0.6 is 0 Å². The third-order valence-corrected chi connectivity index (χ3v) is 5.19. The maximum absolute atomic E-state index is 12.3. The van der Waals surface area contributed by atoms with E-state index in [1.807, 2.05) is 38.1 Å². The monoisotopic (exact) mass is 354 g/mol. The molecule has 0 aromatic heterocycles. The lowest BCUT2D eigenvalue weighted by Gasteiger charge is -2.15. The second-order valence-corrected chi connectivity index (χ2v) is 6.91. The van der Waals surface area contributed by atoms with Crippen molar-refractivity contribution >= 4 is 27.5 Å². The molecule has 4 aromatic rings. The van der Waals surface area contributed by atoms with Gasteiger partial charge >= 0.3 is 5.97 Å². The summed E-state index contributed by atoms with van der Waals surface area (Å²) in [7, 11) is 0. The lowest BCUT2D eigenvalue weighted by Crippen LogP contribution is -2.17. The SMILES string of the molecule is CCC(C)C(=O)Oc1ccc(-c2cccc3ccccc23)c2ccccc12. The Bertz CT molecular complexity index is 1120. The van der Waals surface area contributed by atoms with E-state index >= 15 is 0 Å². The summed E-state index contributed by atoms with van der Waals surface area (Å²) in [6.45, 7) is 3.89. The van der Waals surface area contributed by atoms with Crippen LogP contribution < -0.4 is 4.74 Å². The largest absolute Gasteiger partial charge is 0.426 e. The Balaban J connectivity index is 1.89. The number of carbonyl (C=O) groups excluding carboxylic acids is 1. The molecule has 0 aliphatic heterocycles. The highest BCUT2D eigenvalue weighted by molar-refractivity contribution is 6.07. The van der Waals surface area contributed by atoms with Gasteiger partial charge in [-0.15, -0.1) is 0 Å². The highest BCUT2D eigenvalue weighted by Crippen LogP contribution is 2.37. The first kappa shape index (κ1) is 17.3. The predicted octanol–water partition coefficient (Wildman–Crippen LogP) is 6.61.